The van der Waals surface area contributed by atoms with Crippen molar-refractivity contribution in [3.63, 3.8) is 0 Å². The maximum absolute atomic E-state index is 12.4. The molecule has 0 saturated carbocycles. The molecule has 3 atom stereocenters. The molecule has 1 aromatic heterocycles. The van der Waals surface area contributed by atoms with E-state index in [1.165, 1.54) is 6.07 Å². The van der Waals surface area contributed by atoms with Crippen LogP contribution in [0.3, 0.4) is 0 Å². The van der Waals surface area contributed by atoms with E-state index in [0.717, 1.165) is 23.3 Å². The second-order valence-electron chi connectivity index (χ2n) is 5.32. The first-order valence-electron chi connectivity index (χ1n) is 6.77. The van der Waals surface area contributed by atoms with Crippen molar-refractivity contribution in [1.82, 2.24) is 4.72 Å². The van der Waals surface area contributed by atoms with Crippen molar-refractivity contribution in [2.75, 3.05) is 0 Å². The molecule has 0 aliphatic rings. The molecule has 2 N–H and O–H groups in total. The monoisotopic (exact) mass is 351 g/mol. The van der Waals surface area contributed by atoms with Gasteiger partial charge in [-0.3, -0.25) is 0 Å². The van der Waals surface area contributed by atoms with Gasteiger partial charge in [0.2, 0.25) is 10.0 Å². The Morgan fingerprint density at radius 2 is 2.14 bits per heavy atom. The number of aliphatic hydroxyl groups excluding tert-OH is 1. The van der Waals surface area contributed by atoms with E-state index in [4.69, 9.17) is 11.6 Å². The van der Waals surface area contributed by atoms with Gasteiger partial charge in [-0.15, -0.1) is 17.9 Å². The molecular formula is C14H22ClNO3S2. The Morgan fingerprint density at radius 1 is 1.52 bits per heavy atom. The van der Waals surface area contributed by atoms with Crippen LogP contribution in [0.25, 0.3) is 0 Å². The van der Waals surface area contributed by atoms with Crippen LogP contribution in [0, 0.1) is 5.92 Å². The minimum absolute atomic E-state index is 0.00422. The molecule has 4 nitrogen and oxygen atoms in total. The van der Waals surface area contributed by atoms with E-state index in [0.29, 0.717) is 10.8 Å². The summed E-state index contributed by atoms with van der Waals surface area (Å²) in [6.45, 7) is 9.45. The normalized spacial score (nSPS) is 16.4. The topological polar surface area (TPSA) is 66.4 Å². The number of halogens is 1. The number of sulfonamides is 1. The van der Waals surface area contributed by atoms with Gasteiger partial charge in [-0.2, -0.15) is 0 Å². The second kappa shape index (κ2) is 7.74. The lowest BCUT2D eigenvalue weighted by atomic mass is 9.92. The average molecular weight is 352 g/mol. The van der Waals surface area contributed by atoms with Crippen molar-refractivity contribution in [1.29, 1.82) is 0 Å². The highest BCUT2D eigenvalue weighted by molar-refractivity contribution is 7.91. The van der Waals surface area contributed by atoms with E-state index in [1.54, 1.807) is 6.07 Å². The van der Waals surface area contributed by atoms with Crippen LogP contribution in [0.4, 0.5) is 0 Å². The third-order valence-electron chi connectivity index (χ3n) is 3.33. The van der Waals surface area contributed by atoms with Gasteiger partial charge in [0.25, 0.3) is 0 Å². The molecule has 0 saturated heterocycles. The predicted octanol–water partition coefficient (Wildman–Crippen LogP) is 3.42. The molecule has 0 aliphatic heterocycles. The number of nitrogens with one attached hydrogen (secondary N) is 1. The number of aliphatic hydroxyl groups is 1. The molecule has 0 bridgehead atoms. The fourth-order valence-electron chi connectivity index (χ4n) is 1.99. The Hall–Kier alpha value is -0.400. The lowest BCUT2D eigenvalue weighted by Gasteiger charge is -2.28. The lowest BCUT2D eigenvalue weighted by molar-refractivity contribution is 0.111. The summed E-state index contributed by atoms with van der Waals surface area (Å²) in [6.07, 6.45) is 0.316. The van der Waals surface area contributed by atoms with Crippen molar-refractivity contribution in [2.45, 2.75) is 50.0 Å². The van der Waals surface area contributed by atoms with E-state index in [1.807, 2.05) is 20.8 Å². The van der Waals surface area contributed by atoms with Gasteiger partial charge in [0, 0.05) is 0 Å². The van der Waals surface area contributed by atoms with Gasteiger partial charge in [0.1, 0.15) is 4.21 Å². The zero-order valence-electron chi connectivity index (χ0n) is 12.5. The van der Waals surface area contributed by atoms with Crippen molar-refractivity contribution in [3.05, 3.63) is 28.6 Å². The van der Waals surface area contributed by atoms with Gasteiger partial charge >= 0.3 is 0 Å². The number of hydrogen-bond acceptors (Lipinski definition) is 4. The summed E-state index contributed by atoms with van der Waals surface area (Å²) in [5, 5.41) is 10.3. The summed E-state index contributed by atoms with van der Waals surface area (Å²) in [4.78, 5) is 0. The van der Waals surface area contributed by atoms with Gasteiger partial charge in [0.15, 0.2) is 0 Å². The Bertz CT molecular complexity index is 583. The third kappa shape index (κ3) is 5.38. The van der Waals surface area contributed by atoms with E-state index in [-0.39, 0.29) is 10.1 Å². The summed E-state index contributed by atoms with van der Waals surface area (Å²) in [6, 6.07) is 2.45. The van der Waals surface area contributed by atoms with Crippen LogP contribution in [-0.2, 0) is 10.0 Å². The molecule has 0 amide bonds. The smallest absolute Gasteiger partial charge is 0.250 e. The summed E-state index contributed by atoms with van der Waals surface area (Å²) in [7, 11) is -3.68. The third-order valence-corrected chi connectivity index (χ3v) is 6.52. The van der Waals surface area contributed by atoms with Crippen LogP contribution in [0.5, 0.6) is 0 Å². The molecule has 0 aliphatic carbocycles. The van der Waals surface area contributed by atoms with Gasteiger partial charge in [-0.25, -0.2) is 13.1 Å². The molecule has 0 unspecified atom stereocenters. The number of hydrogen-bond donors (Lipinski definition) is 2. The Morgan fingerprint density at radius 3 is 2.57 bits per heavy atom. The fraction of sp³-hybridized carbons (Fsp3) is 0.571. The highest BCUT2D eigenvalue weighted by Crippen LogP contribution is 2.27. The van der Waals surface area contributed by atoms with Crippen LogP contribution in [-0.4, -0.2) is 25.7 Å². The minimum Gasteiger partial charge on any atom is -0.391 e. The van der Waals surface area contributed by atoms with E-state index in [2.05, 4.69) is 11.3 Å². The largest absolute Gasteiger partial charge is 0.391 e. The summed E-state index contributed by atoms with van der Waals surface area (Å²) < 4.78 is 27.9. The average Bonchev–Trinajstić information content (AvgIpc) is 2.81. The maximum Gasteiger partial charge on any atom is 0.250 e. The van der Waals surface area contributed by atoms with Gasteiger partial charge in [-0.05, 0) is 31.4 Å². The highest BCUT2D eigenvalue weighted by atomic mass is 35.5. The predicted molar refractivity (Wildman–Crippen MR) is 88.3 cm³/mol. The fourth-order valence-corrected chi connectivity index (χ4v) is 4.87. The molecule has 120 valence electrons. The quantitative estimate of drug-likeness (QED) is 0.705. The van der Waals surface area contributed by atoms with Crippen LogP contribution in [0.1, 0.15) is 33.6 Å². The van der Waals surface area contributed by atoms with Gasteiger partial charge in [0.05, 0.1) is 16.5 Å². The number of rotatable bonds is 8. The summed E-state index contributed by atoms with van der Waals surface area (Å²) >= 11 is 6.79. The molecule has 7 heteroatoms. The van der Waals surface area contributed by atoms with Gasteiger partial charge < -0.3 is 5.11 Å². The second-order valence-corrected chi connectivity index (χ2v) is 8.98. The molecule has 0 spiro atoms. The van der Waals surface area contributed by atoms with Crippen LogP contribution in [0.2, 0.25) is 4.34 Å². The first-order valence-corrected chi connectivity index (χ1v) is 9.45. The highest BCUT2D eigenvalue weighted by Gasteiger charge is 2.30. The van der Waals surface area contributed by atoms with Crippen molar-refractivity contribution in [3.8, 4) is 0 Å². The first kappa shape index (κ1) is 18.6. The zero-order chi connectivity index (χ0) is 16.2. The van der Waals surface area contributed by atoms with E-state index < -0.39 is 22.2 Å². The molecule has 0 fully saturated rings. The Kier molecular flexibility index (Phi) is 6.87. The summed E-state index contributed by atoms with van der Waals surface area (Å²) in [5.74, 6) is 0.00422. The summed E-state index contributed by atoms with van der Waals surface area (Å²) in [5.41, 5.74) is 0.814. The maximum atomic E-state index is 12.4. The van der Waals surface area contributed by atoms with Gasteiger partial charge in [-0.1, -0.05) is 37.4 Å². The van der Waals surface area contributed by atoms with Crippen LogP contribution < -0.4 is 4.72 Å². The lowest BCUT2D eigenvalue weighted by Crippen LogP contribution is -2.47. The molecule has 1 heterocycles. The zero-order valence-corrected chi connectivity index (χ0v) is 14.9. The molecular weight excluding hydrogens is 330 g/mol. The van der Waals surface area contributed by atoms with E-state index in [9.17, 15) is 13.5 Å². The van der Waals surface area contributed by atoms with Crippen molar-refractivity contribution >= 4 is 33.0 Å². The van der Waals surface area contributed by atoms with Crippen molar-refractivity contribution in [2.24, 2.45) is 5.92 Å². The Labute approximate surface area is 135 Å². The molecule has 0 aromatic carbocycles. The van der Waals surface area contributed by atoms with E-state index >= 15 is 0 Å². The SMILES string of the molecule is C=C(C)C[C@H](O)[C@@H](NS(=O)(=O)c1ccc(Cl)s1)[C@H](C)CC. The van der Waals surface area contributed by atoms with Crippen molar-refractivity contribution < 1.29 is 13.5 Å². The number of thiophene rings is 1. The Balaban J connectivity index is 2.97. The van der Waals surface area contributed by atoms with Crippen LogP contribution in [0.15, 0.2) is 28.5 Å². The van der Waals surface area contributed by atoms with Crippen LogP contribution >= 0.6 is 22.9 Å². The minimum atomic E-state index is -3.68. The molecule has 0 radical (unpaired) electrons. The first-order chi connectivity index (χ1) is 9.67. The molecule has 1 rings (SSSR count). The molecule has 21 heavy (non-hydrogen) atoms. The standard InChI is InChI=1S/C14H22ClNO3S2/c1-5-10(4)14(11(17)8-9(2)3)16-21(18,19)13-7-6-12(15)20-13/h6-7,10-11,14,16-17H,2,5,8H2,1,3-4H3/t10-,11+,14+/m1/s1. The molecule has 1 aromatic rings.